The van der Waals surface area contributed by atoms with Crippen LogP contribution in [0.15, 0.2) is 24.3 Å². The molecule has 1 aliphatic rings. The zero-order chi connectivity index (χ0) is 14.6. The third-order valence-corrected chi connectivity index (χ3v) is 5.02. The molecular weight excluding hydrogens is 274 g/mol. The van der Waals surface area contributed by atoms with E-state index in [1.54, 1.807) is 0 Å². The van der Waals surface area contributed by atoms with Crippen LogP contribution >= 0.6 is 0 Å². The second-order valence-electron chi connectivity index (χ2n) is 5.55. The quantitative estimate of drug-likeness (QED) is 0.802. The Morgan fingerprint density at radius 3 is 2.50 bits per heavy atom. The average Bonchev–Trinajstić information content (AvgIpc) is 2.83. The SMILES string of the molecule is CN1CCC(CNS(=O)(=O)Cc2ccc(CN)cc2)C1. The summed E-state index contributed by atoms with van der Waals surface area (Å²) in [5, 5.41) is 0. The fraction of sp³-hybridized carbons (Fsp3) is 0.571. The Balaban J connectivity index is 1.86. The fourth-order valence-corrected chi connectivity index (χ4v) is 3.70. The molecule has 0 radical (unpaired) electrons. The van der Waals surface area contributed by atoms with Crippen LogP contribution in [-0.4, -0.2) is 40.0 Å². The molecule has 112 valence electrons. The molecule has 6 heteroatoms. The van der Waals surface area contributed by atoms with E-state index in [4.69, 9.17) is 5.73 Å². The lowest BCUT2D eigenvalue weighted by Gasteiger charge is -2.12. The summed E-state index contributed by atoms with van der Waals surface area (Å²) in [6.07, 6.45) is 1.06. The van der Waals surface area contributed by atoms with Crippen LogP contribution in [0.5, 0.6) is 0 Å². The molecule has 1 saturated heterocycles. The number of likely N-dealkylation sites (tertiary alicyclic amines) is 1. The molecule has 1 aromatic carbocycles. The van der Waals surface area contributed by atoms with Gasteiger partial charge in [0.2, 0.25) is 10.0 Å². The van der Waals surface area contributed by atoms with Crippen LogP contribution < -0.4 is 10.5 Å². The van der Waals surface area contributed by atoms with E-state index >= 15 is 0 Å². The molecule has 0 spiro atoms. The third-order valence-electron chi connectivity index (χ3n) is 3.70. The largest absolute Gasteiger partial charge is 0.326 e. The molecule has 1 fully saturated rings. The lowest BCUT2D eigenvalue weighted by molar-refractivity contribution is 0.394. The van der Waals surface area contributed by atoms with Gasteiger partial charge in [0.25, 0.3) is 0 Å². The normalized spacial score (nSPS) is 20.4. The summed E-state index contributed by atoms with van der Waals surface area (Å²) in [4.78, 5) is 2.23. The van der Waals surface area contributed by atoms with Crippen molar-refractivity contribution in [2.45, 2.75) is 18.7 Å². The molecule has 20 heavy (non-hydrogen) atoms. The van der Waals surface area contributed by atoms with Gasteiger partial charge in [-0.25, -0.2) is 13.1 Å². The molecule has 5 nitrogen and oxygen atoms in total. The maximum atomic E-state index is 12.0. The predicted molar refractivity (Wildman–Crippen MR) is 80.6 cm³/mol. The van der Waals surface area contributed by atoms with E-state index in [1.807, 2.05) is 24.3 Å². The van der Waals surface area contributed by atoms with Crippen molar-refractivity contribution < 1.29 is 8.42 Å². The Bertz CT molecular complexity index is 528. The number of nitrogens with one attached hydrogen (secondary N) is 1. The number of sulfonamides is 1. The highest BCUT2D eigenvalue weighted by Gasteiger charge is 2.21. The van der Waals surface area contributed by atoms with E-state index in [9.17, 15) is 8.42 Å². The Morgan fingerprint density at radius 1 is 1.30 bits per heavy atom. The van der Waals surface area contributed by atoms with E-state index in [0.717, 1.165) is 30.6 Å². The summed E-state index contributed by atoms with van der Waals surface area (Å²) < 4.78 is 26.8. The van der Waals surface area contributed by atoms with Gasteiger partial charge in [-0.2, -0.15) is 0 Å². The van der Waals surface area contributed by atoms with Gasteiger partial charge < -0.3 is 10.6 Å². The van der Waals surface area contributed by atoms with Crippen molar-refractivity contribution in [3.8, 4) is 0 Å². The molecule has 1 aliphatic heterocycles. The summed E-state index contributed by atoms with van der Waals surface area (Å²) in [7, 11) is -1.20. The van der Waals surface area contributed by atoms with Gasteiger partial charge >= 0.3 is 0 Å². The Kier molecular flexibility index (Phi) is 5.15. The second-order valence-corrected chi connectivity index (χ2v) is 7.35. The van der Waals surface area contributed by atoms with Crippen molar-refractivity contribution in [2.24, 2.45) is 11.7 Å². The van der Waals surface area contributed by atoms with Gasteiger partial charge in [-0.15, -0.1) is 0 Å². The summed E-state index contributed by atoms with van der Waals surface area (Å²) in [6.45, 7) is 3.02. The van der Waals surface area contributed by atoms with Crippen molar-refractivity contribution in [2.75, 3.05) is 26.7 Å². The maximum absolute atomic E-state index is 12.0. The van der Waals surface area contributed by atoms with Crippen LogP contribution in [-0.2, 0) is 22.3 Å². The van der Waals surface area contributed by atoms with Crippen LogP contribution in [0, 0.1) is 5.92 Å². The van der Waals surface area contributed by atoms with Gasteiger partial charge in [-0.05, 0) is 37.1 Å². The number of hydrogen-bond donors (Lipinski definition) is 2. The molecule has 1 unspecified atom stereocenters. The standard InChI is InChI=1S/C14H23N3O2S/c1-17-7-6-14(10-17)9-16-20(18,19)11-13-4-2-12(8-15)3-5-13/h2-5,14,16H,6-11,15H2,1H3. The van der Waals surface area contributed by atoms with Crippen molar-refractivity contribution in [1.82, 2.24) is 9.62 Å². The van der Waals surface area contributed by atoms with E-state index in [-0.39, 0.29) is 5.75 Å². The molecule has 0 amide bonds. The van der Waals surface area contributed by atoms with Crippen LogP contribution in [0.25, 0.3) is 0 Å². The van der Waals surface area contributed by atoms with Crippen LogP contribution in [0.2, 0.25) is 0 Å². The Labute approximate surface area is 121 Å². The van der Waals surface area contributed by atoms with E-state index < -0.39 is 10.0 Å². The Morgan fingerprint density at radius 2 is 1.95 bits per heavy atom. The highest BCUT2D eigenvalue weighted by molar-refractivity contribution is 7.88. The fourth-order valence-electron chi connectivity index (χ4n) is 2.48. The summed E-state index contributed by atoms with van der Waals surface area (Å²) in [6, 6.07) is 7.39. The monoisotopic (exact) mass is 297 g/mol. The zero-order valence-corrected chi connectivity index (χ0v) is 12.7. The number of rotatable bonds is 6. The van der Waals surface area contributed by atoms with Crippen LogP contribution in [0.3, 0.4) is 0 Å². The number of benzene rings is 1. The first-order chi connectivity index (χ1) is 9.48. The molecule has 0 bridgehead atoms. The lowest BCUT2D eigenvalue weighted by atomic mass is 10.1. The molecule has 2 rings (SSSR count). The first-order valence-corrected chi connectivity index (χ1v) is 8.57. The summed E-state index contributed by atoms with van der Waals surface area (Å²) in [5.74, 6) is 0.454. The smallest absolute Gasteiger partial charge is 0.215 e. The third kappa shape index (κ3) is 4.56. The van der Waals surface area contributed by atoms with Gasteiger partial charge in [-0.1, -0.05) is 24.3 Å². The molecule has 0 aromatic heterocycles. The van der Waals surface area contributed by atoms with Gasteiger partial charge in [-0.3, -0.25) is 0 Å². The molecule has 0 aliphatic carbocycles. The first kappa shape index (κ1) is 15.4. The minimum Gasteiger partial charge on any atom is -0.326 e. The van der Waals surface area contributed by atoms with Crippen molar-refractivity contribution in [1.29, 1.82) is 0 Å². The van der Waals surface area contributed by atoms with E-state index in [1.165, 1.54) is 0 Å². The first-order valence-electron chi connectivity index (χ1n) is 6.92. The molecule has 0 saturated carbocycles. The summed E-state index contributed by atoms with van der Waals surface area (Å²) in [5.41, 5.74) is 7.32. The summed E-state index contributed by atoms with van der Waals surface area (Å²) >= 11 is 0. The van der Waals surface area contributed by atoms with E-state index in [2.05, 4.69) is 16.7 Å². The van der Waals surface area contributed by atoms with Crippen molar-refractivity contribution >= 4 is 10.0 Å². The van der Waals surface area contributed by atoms with Crippen molar-refractivity contribution in [3.63, 3.8) is 0 Å². The number of nitrogens with two attached hydrogens (primary N) is 1. The zero-order valence-electron chi connectivity index (χ0n) is 11.9. The van der Waals surface area contributed by atoms with Crippen LogP contribution in [0.4, 0.5) is 0 Å². The van der Waals surface area contributed by atoms with E-state index in [0.29, 0.717) is 19.0 Å². The number of hydrogen-bond acceptors (Lipinski definition) is 4. The molecule has 1 heterocycles. The molecular formula is C14H23N3O2S. The average molecular weight is 297 g/mol. The molecule has 1 atom stereocenters. The minimum atomic E-state index is -3.26. The van der Waals surface area contributed by atoms with Gasteiger partial charge in [0.05, 0.1) is 5.75 Å². The van der Waals surface area contributed by atoms with Crippen molar-refractivity contribution in [3.05, 3.63) is 35.4 Å². The molecule has 1 aromatic rings. The Hall–Kier alpha value is -0.950. The predicted octanol–water partition coefficient (Wildman–Crippen LogP) is 0.516. The highest BCUT2D eigenvalue weighted by Crippen LogP contribution is 2.14. The van der Waals surface area contributed by atoms with Crippen LogP contribution in [0.1, 0.15) is 17.5 Å². The minimum absolute atomic E-state index is 0.0282. The van der Waals surface area contributed by atoms with Gasteiger partial charge in [0.1, 0.15) is 0 Å². The highest BCUT2D eigenvalue weighted by atomic mass is 32.2. The number of nitrogens with zero attached hydrogens (tertiary/aromatic N) is 1. The topological polar surface area (TPSA) is 75.4 Å². The van der Waals surface area contributed by atoms with Gasteiger partial charge in [0, 0.05) is 19.6 Å². The lowest BCUT2D eigenvalue weighted by Crippen LogP contribution is -2.31. The second kappa shape index (κ2) is 6.67. The van der Waals surface area contributed by atoms with Gasteiger partial charge in [0.15, 0.2) is 0 Å². The maximum Gasteiger partial charge on any atom is 0.215 e. The molecule has 3 N–H and O–H groups in total.